The van der Waals surface area contributed by atoms with Gasteiger partial charge < -0.3 is 0 Å². The van der Waals surface area contributed by atoms with Crippen LogP contribution < -0.4 is 0 Å². The predicted molar refractivity (Wildman–Crippen MR) is 53.3 cm³/mol. The van der Waals surface area contributed by atoms with Crippen molar-refractivity contribution < 1.29 is 8.78 Å². The summed E-state index contributed by atoms with van der Waals surface area (Å²) < 4.78 is 25.9. The third kappa shape index (κ3) is 2.41. The number of hydrogen-bond acceptors (Lipinski definition) is 0. The Labute approximate surface area is 89.0 Å². The third-order valence-electron chi connectivity index (χ3n) is 1.73. The molecule has 0 fully saturated rings. The molecule has 1 aromatic rings. The molecule has 13 heavy (non-hydrogen) atoms. The summed E-state index contributed by atoms with van der Waals surface area (Å²) in [7, 11) is 0. The average molecular weight is 270 g/mol. The van der Waals surface area contributed by atoms with E-state index in [1.807, 2.05) is 6.92 Å². The Balaban J connectivity index is 3.13. The van der Waals surface area contributed by atoms with Crippen molar-refractivity contribution in [3.63, 3.8) is 0 Å². The second-order valence-corrected chi connectivity index (χ2v) is 4.16. The highest BCUT2D eigenvalue weighted by Gasteiger charge is 2.12. The fraction of sp³-hybridized carbons (Fsp3) is 0.333. The molecule has 0 aromatic heterocycles. The molecule has 0 saturated heterocycles. The Bertz CT molecular complexity index is 291. The quantitative estimate of drug-likeness (QED) is 0.549. The third-order valence-corrected chi connectivity index (χ3v) is 3.26. The molecule has 0 heterocycles. The Kier molecular flexibility index (Phi) is 3.68. The molecule has 0 bridgehead atoms. The first kappa shape index (κ1) is 10.9. The van der Waals surface area contributed by atoms with Gasteiger partial charge in [0.05, 0.1) is 0 Å². The largest absolute Gasteiger partial charge is 0.205 e. The molecule has 0 radical (unpaired) electrons. The Hall–Kier alpha value is -0.150. The van der Waals surface area contributed by atoms with Gasteiger partial charge in [0.2, 0.25) is 0 Å². The van der Waals surface area contributed by atoms with Crippen molar-refractivity contribution in [2.24, 2.45) is 0 Å². The van der Waals surface area contributed by atoms with Crippen LogP contribution >= 0.6 is 27.5 Å². The van der Waals surface area contributed by atoms with Gasteiger partial charge in [-0.05, 0) is 24.1 Å². The first-order chi connectivity index (χ1) is 6.06. The van der Waals surface area contributed by atoms with E-state index < -0.39 is 16.7 Å². The molecular weight excluding hydrogens is 261 g/mol. The van der Waals surface area contributed by atoms with Crippen LogP contribution in [0.5, 0.6) is 0 Å². The van der Waals surface area contributed by atoms with Gasteiger partial charge in [-0.2, -0.15) is 0 Å². The first-order valence-electron chi connectivity index (χ1n) is 3.84. The topological polar surface area (TPSA) is 0 Å². The molecule has 0 amide bonds. The van der Waals surface area contributed by atoms with Crippen LogP contribution in [-0.2, 0) is 0 Å². The second-order valence-electron chi connectivity index (χ2n) is 2.67. The van der Waals surface area contributed by atoms with Gasteiger partial charge in [-0.1, -0.05) is 34.5 Å². The van der Waals surface area contributed by atoms with E-state index in [2.05, 4.69) is 15.9 Å². The number of halogens is 4. The Morgan fingerprint density at radius 2 is 1.85 bits per heavy atom. The normalized spacial score (nSPS) is 13.0. The fourth-order valence-electron chi connectivity index (χ4n) is 0.992. The molecule has 1 aromatic carbocycles. The maximum absolute atomic E-state index is 12.9. The highest BCUT2D eigenvalue weighted by Crippen LogP contribution is 2.30. The standard InChI is InChI=1S/C9H8BrClF2/c1-2-6(10)5-3-7(12)9(11)8(13)4-5/h3-4,6H,2H2,1H3. The van der Waals surface area contributed by atoms with Gasteiger partial charge in [0, 0.05) is 4.83 Å². The van der Waals surface area contributed by atoms with Crippen LogP contribution in [0.1, 0.15) is 23.7 Å². The SMILES string of the molecule is CCC(Br)c1cc(F)c(Cl)c(F)c1. The number of alkyl halides is 1. The molecular formula is C9H8BrClF2. The molecule has 4 heteroatoms. The molecule has 72 valence electrons. The minimum atomic E-state index is -0.713. The van der Waals surface area contributed by atoms with E-state index in [1.54, 1.807) is 0 Å². The van der Waals surface area contributed by atoms with Gasteiger partial charge in [0.15, 0.2) is 0 Å². The first-order valence-corrected chi connectivity index (χ1v) is 5.14. The summed E-state index contributed by atoms with van der Waals surface area (Å²) >= 11 is 8.63. The van der Waals surface area contributed by atoms with Gasteiger partial charge in [0.1, 0.15) is 16.7 Å². The van der Waals surface area contributed by atoms with Crippen molar-refractivity contribution in [2.45, 2.75) is 18.2 Å². The van der Waals surface area contributed by atoms with E-state index in [0.29, 0.717) is 5.56 Å². The molecule has 1 unspecified atom stereocenters. The number of rotatable bonds is 2. The van der Waals surface area contributed by atoms with Gasteiger partial charge in [0.25, 0.3) is 0 Å². The molecule has 0 N–H and O–H groups in total. The van der Waals surface area contributed by atoms with Crippen LogP contribution in [0.4, 0.5) is 8.78 Å². The second kappa shape index (κ2) is 4.38. The van der Waals surface area contributed by atoms with Crippen LogP contribution in [0.3, 0.4) is 0 Å². The minimum absolute atomic E-state index is 0.0335. The number of benzene rings is 1. The molecule has 0 aliphatic heterocycles. The Morgan fingerprint density at radius 3 is 2.23 bits per heavy atom. The van der Waals surface area contributed by atoms with Crippen molar-refractivity contribution in [2.75, 3.05) is 0 Å². The minimum Gasteiger partial charge on any atom is -0.205 e. The molecule has 0 aliphatic rings. The van der Waals surface area contributed by atoms with Crippen molar-refractivity contribution >= 4 is 27.5 Å². The van der Waals surface area contributed by atoms with Crippen LogP contribution in [0.25, 0.3) is 0 Å². The van der Waals surface area contributed by atoms with Crippen LogP contribution in [0.2, 0.25) is 5.02 Å². The zero-order chi connectivity index (χ0) is 10.0. The zero-order valence-corrected chi connectivity index (χ0v) is 9.29. The maximum atomic E-state index is 12.9. The lowest BCUT2D eigenvalue weighted by atomic mass is 10.1. The van der Waals surface area contributed by atoms with Crippen molar-refractivity contribution in [3.8, 4) is 0 Å². The summed E-state index contributed by atoms with van der Waals surface area (Å²) in [6, 6.07) is 2.49. The summed E-state index contributed by atoms with van der Waals surface area (Å²) in [6.07, 6.45) is 0.764. The van der Waals surface area contributed by atoms with Crippen molar-refractivity contribution in [1.82, 2.24) is 0 Å². The van der Waals surface area contributed by atoms with Crippen LogP contribution in [0.15, 0.2) is 12.1 Å². The van der Waals surface area contributed by atoms with E-state index in [0.717, 1.165) is 6.42 Å². The summed E-state index contributed by atoms with van der Waals surface area (Å²) in [6.45, 7) is 1.92. The van der Waals surface area contributed by atoms with Crippen LogP contribution in [-0.4, -0.2) is 0 Å². The monoisotopic (exact) mass is 268 g/mol. The number of hydrogen-bond donors (Lipinski definition) is 0. The predicted octanol–water partition coefficient (Wildman–Crippen LogP) is 4.46. The highest BCUT2D eigenvalue weighted by molar-refractivity contribution is 9.09. The summed E-state index contributed by atoms with van der Waals surface area (Å²) in [5.74, 6) is -1.43. The van der Waals surface area contributed by atoms with E-state index in [9.17, 15) is 8.78 Å². The lowest BCUT2D eigenvalue weighted by molar-refractivity contribution is 0.580. The van der Waals surface area contributed by atoms with Gasteiger partial charge >= 0.3 is 0 Å². The van der Waals surface area contributed by atoms with E-state index in [4.69, 9.17) is 11.6 Å². The van der Waals surface area contributed by atoms with E-state index in [1.165, 1.54) is 12.1 Å². The molecule has 0 spiro atoms. The average Bonchev–Trinajstić information content (AvgIpc) is 2.12. The fourth-order valence-corrected chi connectivity index (χ4v) is 1.37. The lowest BCUT2D eigenvalue weighted by Crippen LogP contribution is -1.92. The van der Waals surface area contributed by atoms with Crippen molar-refractivity contribution in [1.29, 1.82) is 0 Å². The molecule has 1 rings (SSSR count). The lowest BCUT2D eigenvalue weighted by Gasteiger charge is -2.08. The zero-order valence-electron chi connectivity index (χ0n) is 6.95. The van der Waals surface area contributed by atoms with Crippen LogP contribution in [0, 0.1) is 11.6 Å². The van der Waals surface area contributed by atoms with E-state index >= 15 is 0 Å². The van der Waals surface area contributed by atoms with Gasteiger partial charge in [-0.25, -0.2) is 8.78 Å². The smallest absolute Gasteiger partial charge is 0.145 e. The molecule has 0 aliphatic carbocycles. The van der Waals surface area contributed by atoms with Crippen molar-refractivity contribution in [3.05, 3.63) is 34.4 Å². The maximum Gasteiger partial charge on any atom is 0.145 e. The van der Waals surface area contributed by atoms with E-state index in [-0.39, 0.29) is 4.83 Å². The molecule has 1 atom stereocenters. The Morgan fingerprint density at radius 1 is 1.38 bits per heavy atom. The van der Waals surface area contributed by atoms with Gasteiger partial charge in [-0.15, -0.1) is 0 Å². The molecule has 0 saturated carbocycles. The summed E-state index contributed by atoms with van der Waals surface area (Å²) in [5.41, 5.74) is 0.571. The molecule has 0 nitrogen and oxygen atoms in total. The van der Waals surface area contributed by atoms with Gasteiger partial charge in [-0.3, -0.25) is 0 Å². The summed E-state index contributed by atoms with van der Waals surface area (Å²) in [5, 5.41) is -0.445. The highest BCUT2D eigenvalue weighted by atomic mass is 79.9. The summed E-state index contributed by atoms with van der Waals surface area (Å²) in [4.78, 5) is -0.0335.